The number of halogens is 2. The number of fused-ring (bicyclic) bond motifs is 2. The normalized spacial score (nSPS) is 24.3. The molecule has 4 aromatic rings. The fourth-order valence-corrected chi connectivity index (χ4v) is 12.6. The second kappa shape index (κ2) is 18.4. The first-order valence-electron chi connectivity index (χ1n) is 24.2. The number of rotatable bonds is 10. The molecule has 4 amide bonds. The summed E-state index contributed by atoms with van der Waals surface area (Å²) in [6.45, 7) is 8.20. The van der Waals surface area contributed by atoms with E-state index in [1.807, 2.05) is 61.8 Å². The number of nitrogens with zero attached hydrogens (tertiary/aromatic N) is 4. The van der Waals surface area contributed by atoms with Gasteiger partial charge in [0.1, 0.15) is 70.1 Å². The highest BCUT2D eigenvalue weighted by molar-refractivity contribution is 6.32. The molecule has 2 aromatic carbocycles. The number of nitrogens with one attached hydrogen (secondary N) is 4. The number of carbonyl (C=O) groups is 4. The van der Waals surface area contributed by atoms with E-state index in [4.69, 9.17) is 52.1 Å². The smallest absolute Gasteiger partial charge is 0.407 e. The van der Waals surface area contributed by atoms with Crippen molar-refractivity contribution in [1.29, 1.82) is 0 Å². The summed E-state index contributed by atoms with van der Waals surface area (Å²) in [4.78, 5) is 74.4. The largest absolute Gasteiger partial charge is 0.488 e. The summed E-state index contributed by atoms with van der Waals surface area (Å²) in [5, 5.41) is 6.29. The summed E-state index contributed by atoms with van der Waals surface area (Å²) < 4.78 is 22.8. The van der Waals surface area contributed by atoms with Crippen LogP contribution in [0.5, 0.6) is 11.5 Å². The number of alkyl carbamates (subject to hydrolysis) is 2. The average Bonchev–Trinajstić information content (AvgIpc) is 4.13. The molecule has 68 heavy (non-hydrogen) atoms. The SMILES string of the molecule is COC(=O)N[C@H](C(=O)N1[C@H](c2nc(-c3cc4c5c(c3)OCc3cc(-c6nc([C@@H]7C[C@@H]8CCCC[C@@H]8N7C(=O)[C@@H](NC(=O)OC)C(C)C)[nH]c6Cl)cc(c3-5)OC4)c(Cl)[nH]2)C[C@@H]2CCCC[C@@H]21)C(C)C. The number of imidazole rings is 2. The van der Waals surface area contributed by atoms with Gasteiger partial charge in [-0.25, -0.2) is 19.6 Å². The summed E-state index contributed by atoms with van der Waals surface area (Å²) in [5.74, 6) is 2.60. The fraction of sp³-hybridized carbons (Fsp3) is 0.560. The minimum Gasteiger partial charge on any atom is -0.488 e. The first-order chi connectivity index (χ1) is 32.7. The molecule has 0 spiro atoms. The zero-order valence-electron chi connectivity index (χ0n) is 39.4. The number of likely N-dealkylation sites (tertiary alicyclic amines) is 2. The van der Waals surface area contributed by atoms with Crippen molar-refractivity contribution in [2.75, 3.05) is 14.2 Å². The number of methoxy groups -OCH3 is 2. The van der Waals surface area contributed by atoms with Crippen LogP contribution in [-0.2, 0) is 32.3 Å². The Kier molecular flexibility index (Phi) is 12.5. The molecule has 0 unspecified atom stereocenters. The van der Waals surface area contributed by atoms with Crippen LogP contribution in [0.2, 0.25) is 10.3 Å². The second-order valence-electron chi connectivity index (χ2n) is 20.1. The van der Waals surface area contributed by atoms with Crippen LogP contribution in [0.3, 0.4) is 0 Å². The molecule has 0 bridgehead atoms. The third-order valence-electron chi connectivity index (χ3n) is 15.4. The maximum Gasteiger partial charge on any atom is 0.407 e. The Labute approximate surface area is 405 Å². The summed E-state index contributed by atoms with van der Waals surface area (Å²) in [6.07, 6.45) is 8.33. The molecule has 4 N–H and O–H groups in total. The molecule has 10 rings (SSSR count). The topological polar surface area (TPSA) is 193 Å². The number of hydrogen-bond acceptors (Lipinski definition) is 10. The average molecular weight is 972 g/mol. The fourth-order valence-electron chi connectivity index (χ4n) is 12.2. The first kappa shape index (κ1) is 46.3. The van der Waals surface area contributed by atoms with Crippen molar-refractivity contribution < 1.29 is 38.1 Å². The van der Waals surface area contributed by atoms with E-state index in [1.54, 1.807) is 0 Å². The molecule has 18 heteroatoms. The van der Waals surface area contributed by atoms with Gasteiger partial charge >= 0.3 is 12.2 Å². The Morgan fingerprint density at radius 1 is 0.647 bits per heavy atom. The predicted molar refractivity (Wildman–Crippen MR) is 254 cm³/mol. The monoisotopic (exact) mass is 970 g/mol. The van der Waals surface area contributed by atoms with Crippen LogP contribution in [0.25, 0.3) is 33.6 Å². The Morgan fingerprint density at radius 2 is 1.04 bits per heavy atom. The highest BCUT2D eigenvalue weighted by Gasteiger charge is 2.50. The maximum absolute atomic E-state index is 14.4. The number of hydrogen-bond donors (Lipinski definition) is 4. The molecule has 4 fully saturated rings. The van der Waals surface area contributed by atoms with Gasteiger partial charge in [-0.1, -0.05) is 76.6 Å². The van der Waals surface area contributed by atoms with Crippen LogP contribution in [-0.4, -0.2) is 92.1 Å². The third kappa shape index (κ3) is 8.12. The van der Waals surface area contributed by atoms with E-state index in [2.05, 4.69) is 20.6 Å². The Balaban J connectivity index is 0.937. The molecule has 16 nitrogen and oxygen atoms in total. The summed E-state index contributed by atoms with van der Waals surface area (Å²) in [6, 6.07) is 5.87. The Bertz CT molecular complexity index is 2420. The van der Waals surface area contributed by atoms with Crippen LogP contribution in [0.4, 0.5) is 9.59 Å². The highest BCUT2D eigenvalue weighted by Crippen LogP contribution is 2.53. The molecule has 0 radical (unpaired) electrons. The van der Waals surface area contributed by atoms with E-state index >= 15 is 0 Å². The standard InChI is InChI=1S/C50H60Cl2N8O8/c1-23(2)39(55-49(63)65-5)47(61)59-31-13-9-7-11-25(31)17-33(59)45-53-41(43(51)57-45)27-15-29-21-68-36-20-28(16-30-22-67-35(19-27)37(29)38(30)36)42-44(52)58-46(54-42)34-18-26-12-8-10-14-32(26)60(34)48(62)40(24(3)4)56-50(64)66-6/h15-16,19-20,23-26,31-34,39-40H,7-14,17-18,21-22H2,1-6H3,(H,53,57)(H,54,58)(H,55,63)(H,56,64)/t25-,26-,31-,32-,33-,34-,39-,40-/m0/s1. The van der Waals surface area contributed by atoms with Gasteiger partial charge in [0.25, 0.3) is 0 Å². The van der Waals surface area contributed by atoms with Crippen LogP contribution < -0.4 is 20.1 Å². The van der Waals surface area contributed by atoms with Crippen molar-refractivity contribution >= 4 is 47.2 Å². The predicted octanol–water partition coefficient (Wildman–Crippen LogP) is 9.65. The third-order valence-corrected chi connectivity index (χ3v) is 15.9. The van der Waals surface area contributed by atoms with E-state index in [1.165, 1.54) is 14.2 Å². The molecule has 8 atom stereocenters. The van der Waals surface area contributed by atoms with Crippen molar-refractivity contribution in [2.24, 2.45) is 23.7 Å². The van der Waals surface area contributed by atoms with Gasteiger partial charge in [0.2, 0.25) is 11.8 Å². The lowest BCUT2D eigenvalue weighted by atomic mass is 9.84. The molecule has 2 aromatic heterocycles. The summed E-state index contributed by atoms with van der Waals surface area (Å²) in [5.41, 5.74) is 6.36. The van der Waals surface area contributed by atoms with Crippen molar-refractivity contribution in [3.05, 3.63) is 57.3 Å². The van der Waals surface area contributed by atoms with E-state index in [-0.39, 0.29) is 61.0 Å². The van der Waals surface area contributed by atoms with Crippen LogP contribution in [0.15, 0.2) is 24.3 Å². The van der Waals surface area contributed by atoms with Gasteiger partial charge in [0, 0.05) is 45.5 Å². The summed E-state index contributed by atoms with van der Waals surface area (Å²) in [7, 11) is 2.60. The number of aromatic amines is 2. The van der Waals surface area contributed by atoms with Gasteiger partial charge in [-0.3, -0.25) is 9.59 Å². The van der Waals surface area contributed by atoms with Crippen molar-refractivity contribution in [2.45, 2.75) is 141 Å². The number of benzene rings is 2. The molecule has 362 valence electrons. The van der Waals surface area contributed by atoms with E-state index < -0.39 is 24.3 Å². The van der Waals surface area contributed by atoms with Crippen LogP contribution in [0, 0.1) is 23.7 Å². The van der Waals surface area contributed by atoms with E-state index in [0.717, 1.165) is 97.6 Å². The van der Waals surface area contributed by atoms with Crippen molar-refractivity contribution in [3.63, 3.8) is 0 Å². The Hall–Kier alpha value is -5.48. The van der Waals surface area contributed by atoms with Gasteiger partial charge in [0.15, 0.2) is 0 Å². The highest BCUT2D eigenvalue weighted by atomic mass is 35.5. The maximum atomic E-state index is 14.4. The van der Waals surface area contributed by atoms with Crippen molar-refractivity contribution in [1.82, 2.24) is 40.4 Å². The number of H-pyrrole nitrogens is 2. The van der Waals surface area contributed by atoms with Crippen LogP contribution >= 0.6 is 23.2 Å². The van der Waals surface area contributed by atoms with Crippen LogP contribution in [0.1, 0.15) is 127 Å². The first-order valence-corrected chi connectivity index (χ1v) is 24.9. The lowest BCUT2D eigenvalue weighted by Gasteiger charge is -2.36. The lowest BCUT2D eigenvalue weighted by Crippen LogP contribution is -2.53. The number of ether oxygens (including phenoxy) is 4. The molecule has 2 saturated carbocycles. The quantitative estimate of drug-likeness (QED) is 0.119. The zero-order valence-corrected chi connectivity index (χ0v) is 40.9. The molecule has 2 aliphatic carbocycles. The minimum absolute atomic E-state index is 0.0347. The second-order valence-corrected chi connectivity index (χ2v) is 20.9. The number of aromatic nitrogens is 4. The lowest BCUT2D eigenvalue weighted by molar-refractivity contribution is -0.139. The van der Waals surface area contributed by atoms with Gasteiger partial charge in [-0.15, -0.1) is 0 Å². The number of carbonyl (C=O) groups excluding carboxylic acids is 4. The molecule has 6 heterocycles. The number of amides is 4. The molecule has 6 aliphatic rings. The molecular formula is C50H60Cl2N8O8. The molecular weight excluding hydrogens is 912 g/mol. The van der Waals surface area contributed by atoms with E-state index in [9.17, 15) is 19.2 Å². The van der Waals surface area contributed by atoms with E-state index in [0.29, 0.717) is 56.7 Å². The van der Waals surface area contributed by atoms with Gasteiger partial charge in [0.05, 0.1) is 26.3 Å². The molecule has 2 saturated heterocycles. The van der Waals surface area contributed by atoms with Gasteiger partial charge in [-0.05, 0) is 86.5 Å². The van der Waals surface area contributed by atoms with Crippen molar-refractivity contribution in [3.8, 4) is 45.1 Å². The van der Waals surface area contributed by atoms with Gasteiger partial charge < -0.3 is 49.3 Å². The minimum atomic E-state index is -0.759. The Morgan fingerprint density at radius 3 is 1.43 bits per heavy atom. The zero-order chi connectivity index (χ0) is 47.7. The van der Waals surface area contributed by atoms with Gasteiger partial charge in [-0.2, -0.15) is 0 Å². The molecule has 4 aliphatic heterocycles. The summed E-state index contributed by atoms with van der Waals surface area (Å²) >= 11 is 14.0.